The van der Waals surface area contributed by atoms with Crippen LogP contribution in [0.25, 0.3) is 0 Å². The normalized spacial score (nSPS) is 10.2. The van der Waals surface area contributed by atoms with E-state index in [4.69, 9.17) is 14.2 Å². The predicted octanol–water partition coefficient (Wildman–Crippen LogP) is 4.44. The van der Waals surface area contributed by atoms with Crippen molar-refractivity contribution in [2.75, 3.05) is 25.1 Å². The zero-order valence-electron chi connectivity index (χ0n) is 15.2. The third-order valence-corrected chi connectivity index (χ3v) is 3.55. The fourth-order valence-corrected chi connectivity index (χ4v) is 2.45. The molecule has 2 aromatic rings. The van der Waals surface area contributed by atoms with Gasteiger partial charge in [0.15, 0.2) is 0 Å². The minimum Gasteiger partial charge on any atom is -0.494 e. The summed E-state index contributed by atoms with van der Waals surface area (Å²) in [6, 6.07) is 10.8. The highest BCUT2D eigenvalue weighted by molar-refractivity contribution is 6.05. The molecule has 1 amide bonds. The number of benzene rings is 2. The smallest absolute Gasteiger partial charge is 0.255 e. The Hall–Kier alpha value is -2.69. The lowest BCUT2D eigenvalue weighted by atomic mass is 10.1. The van der Waals surface area contributed by atoms with Crippen molar-refractivity contribution in [1.29, 1.82) is 0 Å². The van der Waals surface area contributed by atoms with Gasteiger partial charge in [-0.15, -0.1) is 0 Å². The largest absolute Gasteiger partial charge is 0.494 e. The number of anilines is 1. The van der Waals surface area contributed by atoms with E-state index < -0.39 is 0 Å². The molecule has 0 aliphatic rings. The Bertz CT molecular complexity index is 728. The monoisotopic (exact) mass is 343 g/mol. The van der Waals surface area contributed by atoms with Crippen molar-refractivity contribution in [3.8, 4) is 17.2 Å². The molecule has 0 atom stereocenters. The number of aryl methyl sites for hydroxylation is 1. The maximum absolute atomic E-state index is 12.6. The Morgan fingerprint density at radius 3 is 2.16 bits per heavy atom. The minimum atomic E-state index is -0.208. The maximum atomic E-state index is 12.6. The minimum absolute atomic E-state index is 0.208. The van der Waals surface area contributed by atoms with Crippen LogP contribution in [0.5, 0.6) is 17.2 Å². The van der Waals surface area contributed by atoms with E-state index in [1.54, 1.807) is 18.2 Å². The van der Waals surface area contributed by atoms with Gasteiger partial charge in [-0.1, -0.05) is 0 Å². The van der Waals surface area contributed by atoms with Crippen molar-refractivity contribution >= 4 is 11.6 Å². The van der Waals surface area contributed by atoms with Gasteiger partial charge in [-0.2, -0.15) is 0 Å². The lowest BCUT2D eigenvalue weighted by Gasteiger charge is -2.14. The molecule has 2 aromatic carbocycles. The number of nitrogens with one attached hydrogen (secondary N) is 1. The summed E-state index contributed by atoms with van der Waals surface area (Å²) in [5.74, 6) is 1.87. The maximum Gasteiger partial charge on any atom is 0.255 e. The third kappa shape index (κ3) is 4.89. The summed E-state index contributed by atoms with van der Waals surface area (Å²) >= 11 is 0. The molecule has 0 saturated carbocycles. The van der Waals surface area contributed by atoms with Crippen LogP contribution in [-0.2, 0) is 0 Å². The van der Waals surface area contributed by atoms with E-state index in [0.717, 1.165) is 11.3 Å². The number of rotatable bonds is 8. The molecule has 25 heavy (non-hydrogen) atoms. The van der Waals surface area contributed by atoms with Crippen LogP contribution in [0.1, 0.15) is 36.7 Å². The molecule has 0 fully saturated rings. The van der Waals surface area contributed by atoms with Crippen LogP contribution in [0, 0.1) is 6.92 Å². The molecule has 134 valence electrons. The lowest BCUT2D eigenvalue weighted by molar-refractivity contribution is 0.102. The summed E-state index contributed by atoms with van der Waals surface area (Å²) < 4.78 is 16.6. The summed E-state index contributed by atoms with van der Waals surface area (Å²) in [6.07, 6.45) is 0. The van der Waals surface area contributed by atoms with Crippen LogP contribution in [0.4, 0.5) is 5.69 Å². The Labute approximate surface area is 148 Å². The van der Waals surface area contributed by atoms with E-state index >= 15 is 0 Å². The zero-order valence-corrected chi connectivity index (χ0v) is 15.2. The molecular weight excluding hydrogens is 318 g/mol. The van der Waals surface area contributed by atoms with Gasteiger partial charge in [0.2, 0.25) is 0 Å². The SMILES string of the molecule is CCOc1ccc(OCC)c(NC(=O)c2ccc(OCC)c(C)c2)c1. The second-order valence-electron chi connectivity index (χ2n) is 5.39. The second kappa shape index (κ2) is 8.97. The van der Waals surface area contributed by atoms with E-state index in [0.29, 0.717) is 42.6 Å². The van der Waals surface area contributed by atoms with Gasteiger partial charge in [0.25, 0.3) is 5.91 Å². The van der Waals surface area contributed by atoms with Crippen molar-refractivity contribution in [2.24, 2.45) is 0 Å². The number of carbonyl (C=O) groups excluding carboxylic acids is 1. The summed E-state index contributed by atoms with van der Waals surface area (Å²) in [5, 5.41) is 2.90. The zero-order chi connectivity index (χ0) is 18.2. The van der Waals surface area contributed by atoms with Gasteiger partial charge in [0, 0.05) is 11.6 Å². The van der Waals surface area contributed by atoms with Crippen LogP contribution in [-0.4, -0.2) is 25.7 Å². The number of ether oxygens (including phenoxy) is 3. The first-order valence-electron chi connectivity index (χ1n) is 8.53. The van der Waals surface area contributed by atoms with Gasteiger partial charge in [-0.05, 0) is 63.6 Å². The Kier molecular flexibility index (Phi) is 6.69. The van der Waals surface area contributed by atoms with Gasteiger partial charge in [-0.3, -0.25) is 4.79 Å². The van der Waals surface area contributed by atoms with Crippen LogP contribution in [0.15, 0.2) is 36.4 Å². The van der Waals surface area contributed by atoms with Gasteiger partial charge >= 0.3 is 0 Å². The van der Waals surface area contributed by atoms with Gasteiger partial charge in [-0.25, -0.2) is 0 Å². The highest BCUT2D eigenvalue weighted by atomic mass is 16.5. The fraction of sp³-hybridized carbons (Fsp3) is 0.350. The number of carbonyl (C=O) groups is 1. The molecule has 0 aromatic heterocycles. The summed E-state index contributed by atoms with van der Waals surface area (Å²) in [7, 11) is 0. The topological polar surface area (TPSA) is 56.8 Å². The number of amides is 1. The average molecular weight is 343 g/mol. The van der Waals surface area contributed by atoms with E-state index in [9.17, 15) is 4.79 Å². The standard InChI is InChI=1S/C20H25NO4/c1-5-23-16-9-11-19(25-7-3)17(13-16)21-20(22)15-8-10-18(24-6-2)14(4)12-15/h8-13H,5-7H2,1-4H3,(H,21,22). The first-order valence-corrected chi connectivity index (χ1v) is 8.53. The van der Waals surface area contributed by atoms with E-state index in [1.807, 2.05) is 45.9 Å². The Morgan fingerprint density at radius 1 is 0.880 bits per heavy atom. The second-order valence-corrected chi connectivity index (χ2v) is 5.39. The fourth-order valence-electron chi connectivity index (χ4n) is 2.45. The van der Waals surface area contributed by atoms with Gasteiger partial charge in [0.1, 0.15) is 17.2 Å². The number of hydrogen-bond acceptors (Lipinski definition) is 4. The summed E-state index contributed by atoms with van der Waals surface area (Å²) in [6.45, 7) is 9.33. The van der Waals surface area contributed by atoms with E-state index in [1.165, 1.54) is 0 Å². The molecule has 0 bridgehead atoms. The molecule has 0 radical (unpaired) electrons. The van der Waals surface area contributed by atoms with Crippen LogP contribution >= 0.6 is 0 Å². The molecule has 0 heterocycles. The predicted molar refractivity (Wildman–Crippen MR) is 99.1 cm³/mol. The highest BCUT2D eigenvalue weighted by Crippen LogP contribution is 2.30. The molecule has 0 saturated heterocycles. The molecule has 2 rings (SSSR count). The highest BCUT2D eigenvalue weighted by Gasteiger charge is 2.13. The van der Waals surface area contributed by atoms with Gasteiger partial charge in [0.05, 0.1) is 25.5 Å². The van der Waals surface area contributed by atoms with Crippen molar-refractivity contribution < 1.29 is 19.0 Å². The van der Waals surface area contributed by atoms with Crippen LogP contribution < -0.4 is 19.5 Å². The first-order chi connectivity index (χ1) is 12.1. The van der Waals surface area contributed by atoms with Crippen molar-refractivity contribution in [1.82, 2.24) is 0 Å². The number of hydrogen-bond donors (Lipinski definition) is 1. The molecule has 1 N–H and O–H groups in total. The van der Waals surface area contributed by atoms with Crippen LogP contribution in [0.2, 0.25) is 0 Å². The molecule has 5 heteroatoms. The van der Waals surface area contributed by atoms with E-state index in [2.05, 4.69) is 5.32 Å². The molecule has 0 unspecified atom stereocenters. The van der Waals surface area contributed by atoms with Gasteiger partial charge < -0.3 is 19.5 Å². The van der Waals surface area contributed by atoms with Crippen LogP contribution in [0.3, 0.4) is 0 Å². The van der Waals surface area contributed by atoms with Crippen molar-refractivity contribution in [3.05, 3.63) is 47.5 Å². The quantitative estimate of drug-likeness (QED) is 0.770. The molecule has 5 nitrogen and oxygen atoms in total. The molecular formula is C20H25NO4. The van der Waals surface area contributed by atoms with E-state index in [-0.39, 0.29) is 5.91 Å². The third-order valence-electron chi connectivity index (χ3n) is 3.55. The Morgan fingerprint density at radius 2 is 1.52 bits per heavy atom. The lowest BCUT2D eigenvalue weighted by Crippen LogP contribution is -2.13. The average Bonchev–Trinajstić information content (AvgIpc) is 2.59. The molecule has 0 spiro atoms. The summed E-state index contributed by atoms with van der Waals surface area (Å²) in [5.41, 5.74) is 2.07. The first kappa shape index (κ1) is 18.6. The molecule has 0 aliphatic heterocycles. The molecule has 0 aliphatic carbocycles. The Balaban J connectivity index is 2.23. The van der Waals surface area contributed by atoms with Crippen molar-refractivity contribution in [2.45, 2.75) is 27.7 Å². The summed E-state index contributed by atoms with van der Waals surface area (Å²) in [4.78, 5) is 12.6. The van der Waals surface area contributed by atoms with Crippen molar-refractivity contribution in [3.63, 3.8) is 0 Å².